The van der Waals surface area contributed by atoms with E-state index >= 15 is 0 Å². The summed E-state index contributed by atoms with van der Waals surface area (Å²) in [7, 11) is 1.72. The maximum atomic E-state index is 12.7. The van der Waals surface area contributed by atoms with Gasteiger partial charge in [-0.05, 0) is 36.2 Å². The van der Waals surface area contributed by atoms with Crippen molar-refractivity contribution < 1.29 is 9.59 Å². The molecule has 26 heavy (non-hydrogen) atoms. The summed E-state index contributed by atoms with van der Waals surface area (Å²) < 4.78 is 0. The molecule has 2 amide bonds. The second kappa shape index (κ2) is 9.94. The average Bonchev–Trinajstić information content (AvgIpc) is 2.66. The lowest BCUT2D eigenvalue weighted by molar-refractivity contribution is -0.118. The van der Waals surface area contributed by atoms with Crippen molar-refractivity contribution in [3.8, 4) is 0 Å². The molecule has 0 bridgehead atoms. The number of nitrogens with zero attached hydrogens (tertiary/aromatic N) is 1. The van der Waals surface area contributed by atoms with Gasteiger partial charge in [-0.3, -0.25) is 9.59 Å². The Hall–Kier alpha value is -2.37. The summed E-state index contributed by atoms with van der Waals surface area (Å²) in [4.78, 5) is 26.5. The summed E-state index contributed by atoms with van der Waals surface area (Å²) in [6, 6.07) is 15.7. The Bertz CT molecular complexity index is 737. The van der Waals surface area contributed by atoms with E-state index in [1.807, 2.05) is 44.2 Å². The first-order valence-corrected chi connectivity index (χ1v) is 8.43. The van der Waals surface area contributed by atoms with E-state index in [1.54, 1.807) is 36.2 Å². The van der Waals surface area contributed by atoms with Gasteiger partial charge in [-0.2, -0.15) is 0 Å². The Morgan fingerprint density at radius 1 is 1.12 bits per heavy atom. The zero-order valence-corrected chi connectivity index (χ0v) is 16.1. The SMILES string of the molecule is CCC(C)C(N)C(=O)Nc1cccc(C(=O)N(C)c2ccccc2)c1.Cl. The van der Waals surface area contributed by atoms with Crippen LogP contribution >= 0.6 is 12.4 Å². The molecule has 0 saturated heterocycles. The predicted octanol–water partition coefficient (Wildman–Crippen LogP) is 3.70. The zero-order valence-electron chi connectivity index (χ0n) is 15.3. The Morgan fingerprint density at radius 2 is 1.77 bits per heavy atom. The smallest absolute Gasteiger partial charge is 0.258 e. The van der Waals surface area contributed by atoms with Gasteiger partial charge in [-0.25, -0.2) is 0 Å². The average molecular weight is 376 g/mol. The summed E-state index contributed by atoms with van der Waals surface area (Å²) in [5.74, 6) is -0.294. The van der Waals surface area contributed by atoms with Crippen LogP contribution in [0.3, 0.4) is 0 Å². The van der Waals surface area contributed by atoms with E-state index in [4.69, 9.17) is 5.73 Å². The molecule has 0 saturated carbocycles. The molecule has 6 heteroatoms. The minimum Gasteiger partial charge on any atom is -0.325 e. The Labute approximate surface area is 161 Å². The zero-order chi connectivity index (χ0) is 18.4. The normalized spacial score (nSPS) is 12.5. The lowest BCUT2D eigenvalue weighted by Crippen LogP contribution is -2.40. The number of carbonyl (C=O) groups is 2. The third-order valence-corrected chi connectivity index (χ3v) is 4.38. The van der Waals surface area contributed by atoms with E-state index in [-0.39, 0.29) is 30.1 Å². The number of rotatable bonds is 6. The quantitative estimate of drug-likeness (QED) is 0.808. The fourth-order valence-corrected chi connectivity index (χ4v) is 2.43. The Balaban J connectivity index is 0.00000338. The number of hydrogen-bond acceptors (Lipinski definition) is 3. The summed E-state index contributed by atoms with van der Waals surface area (Å²) >= 11 is 0. The van der Waals surface area contributed by atoms with Crippen molar-refractivity contribution in [2.45, 2.75) is 26.3 Å². The molecule has 0 spiro atoms. The van der Waals surface area contributed by atoms with Crippen LogP contribution in [-0.2, 0) is 4.79 Å². The minimum absolute atomic E-state index is 0. The molecule has 2 aromatic rings. The highest BCUT2D eigenvalue weighted by atomic mass is 35.5. The highest BCUT2D eigenvalue weighted by molar-refractivity contribution is 6.06. The molecule has 2 aromatic carbocycles. The van der Waals surface area contributed by atoms with E-state index in [1.165, 1.54) is 0 Å². The third kappa shape index (κ3) is 5.31. The van der Waals surface area contributed by atoms with Gasteiger partial charge < -0.3 is 16.0 Å². The third-order valence-electron chi connectivity index (χ3n) is 4.38. The van der Waals surface area contributed by atoms with E-state index in [2.05, 4.69) is 5.32 Å². The summed E-state index contributed by atoms with van der Waals surface area (Å²) in [6.45, 7) is 3.94. The molecule has 140 valence electrons. The molecule has 0 aliphatic carbocycles. The number of halogens is 1. The van der Waals surface area contributed by atoms with Crippen LogP contribution in [-0.4, -0.2) is 24.9 Å². The van der Waals surface area contributed by atoms with E-state index in [9.17, 15) is 9.59 Å². The summed E-state index contributed by atoms with van der Waals surface area (Å²) in [5, 5.41) is 2.80. The lowest BCUT2D eigenvalue weighted by Gasteiger charge is -2.19. The van der Waals surface area contributed by atoms with Crippen molar-refractivity contribution in [2.24, 2.45) is 11.7 Å². The number of para-hydroxylation sites is 1. The summed E-state index contributed by atoms with van der Waals surface area (Å²) in [6.07, 6.45) is 0.828. The first-order chi connectivity index (χ1) is 11.9. The number of benzene rings is 2. The van der Waals surface area contributed by atoms with Gasteiger partial charge in [-0.15, -0.1) is 12.4 Å². The van der Waals surface area contributed by atoms with Crippen LogP contribution in [0.5, 0.6) is 0 Å². The van der Waals surface area contributed by atoms with Crippen LogP contribution in [0.1, 0.15) is 30.6 Å². The number of carbonyl (C=O) groups excluding carboxylic acids is 2. The second-order valence-electron chi connectivity index (χ2n) is 6.18. The molecule has 0 radical (unpaired) electrons. The molecule has 2 rings (SSSR count). The highest BCUT2D eigenvalue weighted by Crippen LogP contribution is 2.18. The van der Waals surface area contributed by atoms with Crippen molar-refractivity contribution in [3.05, 3.63) is 60.2 Å². The topological polar surface area (TPSA) is 75.4 Å². The molecule has 0 aromatic heterocycles. The van der Waals surface area contributed by atoms with Gasteiger partial charge in [0.15, 0.2) is 0 Å². The highest BCUT2D eigenvalue weighted by Gasteiger charge is 2.20. The maximum Gasteiger partial charge on any atom is 0.258 e. The largest absolute Gasteiger partial charge is 0.325 e. The molecule has 2 unspecified atom stereocenters. The fraction of sp³-hybridized carbons (Fsp3) is 0.300. The van der Waals surface area contributed by atoms with E-state index < -0.39 is 6.04 Å². The Morgan fingerprint density at radius 3 is 2.38 bits per heavy atom. The Kier molecular flexibility index (Phi) is 8.29. The van der Waals surface area contributed by atoms with Crippen molar-refractivity contribution in [1.29, 1.82) is 0 Å². The van der Waals surface area contributed by atoms with Gasteiger partial charge in [0, 0.05) is 24.0 Å². The van der Waals surface area contributed by atoms with Gasteiger partial charge in [0.25, 0.3) is 5.91 Å². The molecule has 0 aliphatic heterocycles. The molecule has 0 heterocycles. The molecule has 2 atom stereocenters. The van der Waals surface area contributed by atoms with Crippen molar-refractivity contribution in [1.82, 2.24) is 0 Å². The fourth-order valence-electron chi connectivity index (χ4n) is 2.43. The minimum atomic E-state index is -0.573. The molecular formula is C20H26ClN3O2. The number of amides is 2. The van der Waals surface area contributed by atoms with Gasteiger partial charge >= 0.3 is 0 Å². The van der Waals surface area contributed by atoms with Crippen LogP contribution in [0.25, 0.3) is 0 Å². The number of nitrogens with one attached hydrogen (secondary N) is 1. The molecule has 0 aliphatic rings. The predicted molar refractivity (Wildman–Crippen MR) is 109 cm³/mol. The van der Waals surface area contributed by atoms with Crippen molar-refractivity contribution in [2.75, 3.05) is 17.3 Å². The number of hydrogen-bond donors (Lipinski definition) is 2. The van der Waals surface area contributed by atoms with Crippen LogP contribution in [0, 0.1) is 5.92 Å². The summed E-state index contributed by atoms with van der Waals surface area (Å²) in [5.41, 5.74) is 7.83. The number of nitrogens with two attached hydrogens (primary N) is 1. The lowest BCUT2D eigenvalue weighted by atomic mass is 9.99. The monoisotopic (exact) mass is 375 g/mol. The maximum absolute atomic E-state index is 12.7. The van der Waals surface area contributed by atoms with E-state index in [0.29, 0.717) is 11.3 Å². The van der Waals surface area contributed by atoms with Gasteiger partial charge in [0.1, 0.15) is 0 Å². The first kappa shape index (κ1) is 21.7. The molecular weight excluding hydrogens is 350 g/mol. The molecule has 0 fully saturated rings. The number of anilines is 2. The van der Waals surface area contributed by atoms with Crippen LogP contribution in [0.4, 0.5) is 11.4 Å². The van der Waals surface area contributed by atoms with Crippen LogP contribution in [0.2, 0.25) is 0 Å². The van der Waals surface area contributed by atoms with E-state index in [0.717, 1.165) is 12.1 Å². The first-order valence-electron chi connectivity index (χ1n) is 8.43. The van der Waals surface area contributed by atoms with Crippen molar-refractivity contribution in [3.63, 3.8) is 0 Å². The molecule has 3 N–H and O–H groups in total. The van der Waals surface area contributed by atoms with Crippen LogP contribution in [0.15, 0.2) is 54.6 Å². The molecule has 5 nitrogen and oxygen atoms in total. The standard InChI is InChI=1S/C20H25N3O2.ClH/c1-4-14(2)18(21)19(24)22-16-10-8-9-15(13-16)20(25)23(3)17-11-6-5-7-12-17;/h5-14,18H,4,21H2,1-3H3,(H,22,24);1H. The second-order valence-corrected chi connectivity index (χ2v) is 6.18. The van der Waals surface area contributed by atoms with Gasteiger partial charge in [0.2, 0.25) is 5.91 Å². The van der Waals surface area contributed by atoms with Gasteiger partial charge in [-0.1, -0.05) is 44.5 Å². The van der Waals surface area contributed by atoms with Gasteiger partial charge in [0.05, 0.1) is 6.04 Å². The van der Waals surface area contributed by atoms with Crippen LogP contribution < -0.4 is 16.0 Å². The van der Waals surface area contributed by atoms with Crippen molar-refractivity contribution >= 4 is 35.6 Å².